The predicted molar refractivity (Wildman–Crippen MR) is 67.1 cm³/mol. The third-order valence-corrected chi connectivity index (χ3v) is 3.01. The van der Waals surface area contributed by atoms with Gasteiger partial charge in [0, 0.05) is 7.11 Å². The molecule has 5 heteroatoms. The molecule has 0 bridgehead atoms. The topological polar surface area (TPSA) is 47.6 Å². The lowest BCUT2D eigenvalue weighted by molar-refractivity contribution is 0.146. The molecule has 0 aliphatic rings. The second-order valence-electron chi connectivity index (χ2n) is 3.11. The zero-order chi connectivity index (χ0) is 12.5. The lowest BCUT2D eigenvalue weighted by Gasteiger charge is -2.06. The summed E-state index contributed by atoms with van der Waals surface area (Å²) >= 11 is 0. The summed E-state index contributed by atoms with van der Waals surface area (Å²) < 4.78 is 24.6. The van der Waals surface area contributed by atoms with Gasteiger partial charge >= 0.3 is 0 Å². The van der Waals surface area contributed by atoms with Gasteiger partial charge in [0.25, 0.3) is 0 Å². The van der Waals surface area contributed by atoms with Crippen molar-refractivity contribution in [2.45, 2.75) is 4.90 Å². The normalized spacial score (nSPS) is 11.8. The highest BCUT2D eigenvalue weighted by molar-refractivity contribution is 7.83. The molecule has 17 heavy (non-hydrogen) atoms. The van der Waals surface area contributed by atoms with Crippen LogP contribution in [0, 0.1) is 12.3 Å². The van der Waals surface area contributed by atoms with E-state index in [1.54, 1.807) is 31.4 Å². The maximum Gasteiger partial charge on any atom is 0.125 e. The molecule has 0 amide bonds. The van der Waals surface area contributed by atoms with Crippen molar-refractivity contribution in [3.63, 3.8) is 0 Å². The van der Waals surface area contributed by atoms with E-state index in [9.17, 15) is 4.21 Å². The summed E-state index contributed by atoms with van der Waals surface area (Å²) in [4.78, 5) is 0.666. The molecule has 1 N–H and O–H groups in total. The quantitative estimate of drug-likeness (QED) is 0.581. The molecule has 0 saturated heterocycles. The van der Waals surface area contributed by atoms with E-state index in [2.05, 4.69) is 10.6 Å². The van der Waals surface area contributed by atoms with Crippen LogP contribution in [0.4, 0.5) is 0 Å². The predicted octanol–water partition coefficient (Wildman–Crippen LogP) is 0.957. The Morgan fingerprint density at radius 1 is 1.35 bits per heavy atom. The molecule has 0 saturated carbocycles. The lowest BCUT2D eigenvalue weighted by atomic mass is 10.3. The van der Waals surface area contributed by atoms with Gasteiger partial charge in [0.1, 0.15) is 23.3 Å². The van der Waals surface area contributed by atoms with Gasteiger partial charge in [-0.25, -0.2) is 8.93 Å². The third kappa shape index (κ3) is 5.00. The first-order valence-electron chi connectivity index (χ1n) is 5.08. The van der Waals surface area contributed by atoms with E-state index in [1.165, 1.54) is 0 Å². The van der Waals surface area contributed by atoms with Crippen LogP contribution in [0.3, 0.4) is 0 Å². The van der Waals surface area contributed by atoms with Crippen molar-refractivity contribution < 1.29 is 13.7 Å². The van der Waals surface area contributed by atoms with Crippen molar-refractivity contribution >= 4 is 11.0 Å². The Bertz CT molecular complexity index is 397. The summed E-state index contributed by atoms with van der Waals surface area (Å²) in [5.74, 6) is 3.09. The Labute approximate surface area is 104 Å². The van der Waals surface area contributed by atoms with Gasteiger partial charge in [-0.05, 0) is 24.3 Å². The average Bonchev–Trinajstić information content (AvgIpc) is 2.37. The van der Waals surface area contributed by atoms with E-state index in [1.807, 2.05) is 0 Å². The lowest BCUT2D eigenvalue weighted by Crippen LogP contribution is -2.17. The van der Waals surface area contributed by atoms with Crippen LogP contribution in [0.25, 0.3) is 0 Å². The standard InChI is InChI=1S/C12H15NO3S/c1-3-8-13-17(14)12-6-4-11(5-7-12)16-10-9-15-2/h1,4-7,13H,8-10H2,2H3. The molecule has 0 aliphatic heterocycles. The van der Waals surface area contributed by atoms with Gasteiger partial charge in [-0.2, -0.15) is 0 Å². The Kier molecular flexibility index (Phi) is 6.33. The fraction of sp³-hybridized carbons (Fsp3) is 0.333. The highest BCUT2D eigenvalue weighted by Gasteiger charge is 2.02. The second kappa shape index (κ2) is 7.85. The van der Waals surface area contributed by atoms with E-state index < -0.39 is 11.0 Å². The second-order valence-corrected chi connectivity index (χ2v) is 4.40. The fourth-order valence-electron chi connectivity index (χ4n) is 1.09. The monoisotopic (exact) mass is 253 g/mol. The van der Waals surface area contributed by atoms with E-state index in [0.717, 1.165) is 5.75 Å². The third-order valence-electron chi connectivity index (χ3n) is 1.90. The molecule has 0 aromatic heterocycles. The molecule has 4 nitrogen and oxygen atoms in total. The van der Waals surface area contributed by atoms with Crippen molar-refractivity contribution in [3.8, 4) is 18.1 Å². The number of hydrogen-bond donors (Lipinski definition) is 1. The number of nitrogens with one attached hydrogen (secondary N) is 1. The molecule has 1 aromatic carbocycles. The van der Waals surface area contributed by atoms with Crippen LogP contribution in [0.15, 0.2) is 29.2 Å². The van der Waals surface area contributed by atoms with Gasteiger partial charge in [-0.1, -0.05) is 5.92 Å². The SMILES string of the molecule is C#CCNS(=O)c1ccc(OCCOC)cc1. The zero-order valence-electron chi connectivity index (χ0n) is 9.64. The number of ether oxygens (including phenoxy) is 2. The van der Waals surface area contributed by atoms with Gasteiger partial charge in [0.15, 0.2) is 0 Å². The summed E-state index contributed by atoms with van der Waals surface area (Å²) in [6, 6.07) is 7.00. The van der Waals surface area contributed by atoms with E-state index in [0.29, 0.717) is 18.1 Å². The minimum atomic E-state index is -1.27. The van der Waals surface area contributed by atoms with Crippen LogP contribution in [-0.2, 0) is 15.7 Å². The van der Waals surface area contributed by atoms with Crippen molar-refractivity contribution in [2.75, 3.05) is 26.9 Å². The number of terminal acetylenes is 1. The van der Waals surface area contributed by atoms with Crippen LogP contribution in [-0.4, -0.2) is 31.1 Å². The maximum atomic E-state index is 11.6. The first kappa shape index (κ1) is 13.7. The molecule has 0 fully saturated rings. The first-order chi connectivity index (χ1) is 8.27. The molecule has 1 unspecified atom stereocenters. The molecule has 1 aromatic rings. The van der Waals surface area contributed by atoms with Crippen molar-refractivity contribution in [3.05, 3.63) is 24.3 Å². The molecule has 0 radical (unpaired) electrons. The smallest absolute Gasteiger partial charge is 0.125 e. The Morgan fingerprint density at radius 2 is 2.06 bits per heavy atom. The van der Waals surface area contributed by atoms with Crippen molar-refractivity contribution in [2.24, 2.45) is 0 Å². The summed E-state index contributed by atoms with van der Waals surface area (Å²) in [7, 11) is 0.346. The fourth-order valence-corrected chi connectivity index (χ4v) is 1.86. The Balaban J connectivity index is 2.50. The highest BCUT2D eigenvalue weighted by atomic mass is 32.2. The summed E-state index contributed by atoms with van der Waals surface area (Å²) in [6.07, 6.45) is 5.07. The van der Waals surface area contributed by atoms with Crippen molar-refractivity contribution in [1.82, 2.24) is 4.72 Å². The highest BCUT2D eigenvalue weighted by Crippen LogP contribution is 2.13. The van der Waals surface area contributed by atoms with Crippen LogP contribution < -0.4 is 9.46 Å². The zero-order valence-corrected chi connectivity index (χ0v) is 10.5. The summed E-state index contributed by atoms with van der Waals surface area (Å²) in [5.41, 5.74) is 0. The van der Waals surface area contributed by atoms with Gasteiger partial charge < -0.3 is 9.47 Å². The van der Waals surface area contributed by atoms with E-state index in [4.69, 9.17) is 15.9 Å². The maximum absolute atomic E-state index is 11.6. The van der Waals surface area contributed by atoms with Crippen LogP contribution in [0.2, 0.25) is 0 Å². The molecule has 0 aliphatic carbocycles. The number of benzene rings is 1. The van der Waals surface area contributed by atoms with Gasteiger partial charge in [-0.3, -0.25) is 0 Å². The number of rotatable bonds is 7. The molecular weight excluding hydrogens is 238 g/mol. The number of methoxy groups -OCH3 is 1. The summed E-state index contributed by atoms with van der Waals surface area (Å²) in [6.45, 7) is 1.31. The average molecular weight is 253 g/mol. The minimum Gasteiger partial charge on any atom is -0.491 e. The molecule has 0 spiro atoms. The summed E-state index contributed by atoms with van der Waals surface area (Å²) in [5, 5.41) is 0. The van der Waals surface area contributed by atoms with Gasteiger partial charge in [-0.15, -0.1) is 6.42 Å². The van der Waals surface area contributed by atoms with Gasteiger partial charge in [0.2, 0.25) is 0 Å². The molecule has 92 valence electrons. The first-order valence-corrected chi connectivity index (χ1v) is 6.23. The molecule has 1 rings (SSSR count). The van der Waals surface area contributed by atoms with Crippen LogP contribution in [0.1, 0.15) is 0 Å². The number of hydrogen-bond acceptors (Lipinski definition) is 3. The molecule has 1 atom stereocenters. The minimum absolute atomic E-state index is 0.276. The van der Waals surface area contributed by atoms with E-state index in [-0.39, 0.29) is 6.54 Å². The van der Waals surface area contributed by atoms with Gasteiger partial charge in [0.05, 0.1) is 18.0 Å². The van der Waals surface area contributed by atoms with Crippen LogP contribution in [0.5, 0.6) is 5.75 Å². The Morgan fingerprint density at radius 3 is 2.65 bits per heavy atom. The van der Waals surface area contributed by atoms with Crippen molar-refractivity contribution in [1.29, 1.82) is 0 Å². The molecule has 0 heterocycles. The largest absolute Gasteiger partial charge is 0.491 e. The molecular formula is C12H15NO3S. The van der Waals surface area contributed by atoms with Crippen LogP contribution >= 0.6 is 0 Å². The van der Waals surface area contributed by atoms with E-state index >= 15 is 0 Å². The Hall–Kier alpha value is -1.35.